The number of anilines is 1. The van der Waals surface area contributed by atoms with Gasteiger partial charge in [0, 0.05) is 22.0 Å². The van der Waals surface area contributed by atoms with Crippen LogP contribution in [0.1, 0.15) is 11.1 Å². The van der Waals surface area contributed by atoms with Gasteiger partial charge < -0.3 is 5.32 Å². The van der Waals surface area contributed by atoms with Gasteiger partial charge in [-0.05, 0) is 42.0 Å². The third-order valence-electron chi connectivity index (χ3n) is 5.56. The molecule has 0 fully saturated rings. The number of aromatic nitrogens is 2. The molecule has 0 aliphatic heterocycles. The van der Waals surface area contributed by atoms with E-state index < -0.39 is 0 Å². The molecule has 32 heavy (non-hydrogen) atoms. The van der Waals surface area contributed by atoms with Gasteiger partial charge in [0.05, 0.1) is 11.1 Å². The minimum Gasteiger partial charge on any atom is -0.325 e. The van der Waals surface area contributed by atoms with Gasteiger partial charge in [-0.1, -0.05) is 66.4 Å². The molecule has 0 aliphatic rings. The lowest BCUT2D eigenvalue weighted by Crippen LogP contribution is -2.14. The molecule has 2 aromatic heterocycles. The van der Waals surface area contributed by atoms with Gasteiger partial charge in [0.15, 0.2) is 0 Å². The highest BCUT2D eigenvalue weighted by molar-refractivity contribution is 8.00. The molecule has 0 atom stereocenters. The lowest BCUT2D eigenvalue weighted by atomic mass is 10.0. The molecule has 5 aromatic rings. The minimum atomic E-state index is -0.0546. The summed E-state index contributed by atoms with van der Waals surface area (Å²) in [5, 5.41) is 9.17. The highest BCUT2D eigenvalue weighted by Gasteiger charge is 2.15. The summed E-state index contributed by atoms with van der Waals surface area (Å²) in [4.78, 5) is 22.7. The number of benzene rings is 3. The molecule has 1 amide bonds. The van der Waals surface area contributed by atoms with Crippen molar-refractivity contribution in [1.29, 1.82) is 0 Å². The van der Waals surface area contributed by atoms with Crippen LogP contribution < -0.4 is 5.32 Å². The van der Waals surface area contributed by atoms with Crippen LogP contribution in [0.15, 0.2) is 77.4 Å². The zero-order valence-electron chi connectivity index (χ0n) is 17.8. The standard InChI is InChI=1S/C26H21N3OS2/c1-16-10-11-19(12-17(16)2)21-13-31-25-24(21)26(28-15-27-25)32-14-23(30)29-22-9-5-7-18-6-3-4-8-20(18)22/h3-13,15H,14H2,1-2H3,(H,29,30). The maximum Gasteiger partial charge on any atom is 0.234 e. The zero-order chi connectivity index (χ0) is 22.1. The van der Waals surface area contributed by atoms with Gasteiger partial charge in [0.2, 0.25) is 5.91 Å². The summed E-state index contributed by atoms with van der Waals surface area (Å²) in [5.74, 6) is 0.221. The average molecular weight is 456 g/mol. The largest absolute Gasteiger partial charge is 0.325 e. The Morgan fingerprint density at radius 2 is 1.84 bits per heavy atom. The number of hydrogen-bond acceptors (Lipinski definition) is 5. The first-order valence-corrected chi connectivity index (χ1v) is 12.2. The Morgan fingerprint density at radius 1 is 1.00 bits per heavy atom. The van der Waals surface area contributed by atoms with Gasteiger partial charge in [-0.3, -0.25) is 4.79 Å². The van der Waals surface area contributed by atoms with Gasteiger partial charge in [0.25, 0.3) is 0 Å². The van der Waals surface area contributed by atoms with E-state index in [1.165, 1.54) is 22.9 Å². The third kappa shape index (κ3) is 3.99. The predicted molar refractivity (Wildman–Crippen MR) is 136 cm³/mol. The summed E-state index contributed by atoms with van der Waals surface area (Å²) >= 11 is 3.05. The zero-order valence-corrected chi connectivity index (χ0v) is 19.4. The number of aryl methyl sites for hydroxylation is 2. The molecule has 1 N–H and O–H groups in total. The van der Waals surface area contributed by atoms with Crippen molar-refractivity contribution < 1.29 is 4.79 Å². The molecule has 158 valence electrons. The van der Waals surface area contributed by atoms with E-state index in [0.29, 0.717) is 0 Å². The van der Waals surface area contributed by atoms with Gasteiger partial charge in [-0.15, -0.1) is 11.3 Å². The van der Waals surface area contributed by atoms with Crippen LogP contribution in [0.5, 0.6) is 0 Å². The molecule has 0 saturated carbocycles. The van der Waals surface area contributed by atoms with Crippen LogP contribution in [0, 0.1) is 13.8 Å². The highest BCUT2D eigenvalue weighted by Crippen LogP contribution is 2.38. The van der Waals surface area contributed by atoms with E-state index in [-0.39, 0.29) is 11.7 Å². The fraction of sp³-hybridized carbons (Fsp3) is 0.115. The second kappa shape index (κ2) is 8.73. The number of rotatable bonds is 5. The first-order valence-electron chi connectivity index (χ1n) is 10.3. The first kappa shape index (κ1) is 20.7. The van der Waals surface area contributed by atoms with Crippen molar-refractivity contribution in [2.24, 2.45) is 0 Å². The molecule has 0 aliphatic carbocycles. The number of amides is 1. The highest BCUT2D eigenvalue weighted by atomic mass is 32.2. The van der Waals surface area contributed by atoms with E-state index in [1.54, 1.807) is 17.7 Å². The van der Waals surface area contributed by atoms with Crippen LogP contribution in [0.25, 0.3) is 32.1 Å². The second-order valence-electron chi connectivity index (χ2n) is 7.67. The third-order valence-corrected chi connectivity index (χ3v) is 7.43. The van der Waals surface area contributed by atoms with Crippen LogP contribution in [0.2, 0.25) is 0 Å². The quantitative estimate of drug-likeness (QED) is 0.232. The lowest BCUT2D eigenvalue weighted by molar-refractivity contribution is -0.113. The van der Waals surface area contributed by atoms with Crippen molar-refractivity contribution >= 4 is 55.7 Å². The number of carbonyl (C=O) groups excluding carboxylic acids is 1. The molecule has 0 radical (unpaired) electrons. The molecule has 2 heterocycles. The fourth-order valence-corrected chi connectivity index (χ4v) is 5.53. The lowest BCUT2D eigenvalue weighted by Gasteiger charge is -2.09. The number of carbonyl (C=O) groups is 1. The van der Waals surface area contributed by atoms with Crippen LogP contribution in [-0.2, 0) is 4.79 Å². The molecule has 4 nitrogen and oxygen atoms in total. The molecule has 0 unspecified atom stereocenters. The molecule has 0 bridgehead atoms. The summed E-state index contributed by atoms with van der Waals surface area (Å²) in [6, 6.07) is 20.5. The molecule has 6 heteroatoms. The number of fused-ring (bicyclic) bond motifs is 2. The van der Waals surface area contributed by atoms with Crippen molar-refractivity contribution in [1.82, 2.24) is 9.97 Å². The Labute approximate surface area is 194 Å². The van der Waals surface area contributed by atoms with E-state index in [4.69, 9.17) is 0 Å². The topological polar surface area (TPSA) is 54.9 Å². The van der Waals surface area contributed by atoms with Crippen LogP contribution in [-0.4, -0.2) is 21.6 Å². The summed E-state index contributed by atoms with van der Waals surface area (Å²) < 4.78 is 0. The van der Waals surface area contributed by atoms with E-state index >= 15 is 0 Å². The van der Waals surface area contributed by atoms with Gasteiger partial charge in [-0.2, -0.15) is 0 Å². The summed E-state index contributed by atoms with van der Waals surface area (Å²) in [6.07, 6.45) is 1.58. The first-order chi connectivity index (χ1) is 15.6. The molecular formula is C26H21N3OS2. The Balaban J connectivity index is 1.40. The summed E-state index contributed by atoms with van der Waals surface area (Å²) in [7, 11) is 0. The number of nitrogens with zero attached hydrogens (tertiary/aromatic N) is 2. The van der Waals surface area contributed by atoms with E-state index in [2.05, 4.69) is 52.7 Å². The Hall–Kier alpha value is -3.22. The average Bonchev–Trinajstić information content (AvgIpc) is 3.25. The number of thiophene rings is 1. The number of thioether (sulfide) groups is 1. The van der Waals surface area contributed by atoms with Crippen molar-refractivity contribution in [3.8, 4) is 11.1 Å². The Kier molecular flexibility index (Phi) is 5.64. The molecule has 5 rings (SSSR count). The van der Waals surface area contributed by atoms with Crippen molar-refractivity contribution in [3.05, 3.63) is 83.5 Å². The van der Waals surface area contributed by atoms with Crippen molar-refractivity contribution in [2.45, 2.75) is 18.9 Å². The Morgan fingerprint density at radius 3 is 2.72 bits per heavy atom. The predicted octanol–water partition coefficient (Wildman–Crippen LogP) is 6.86. The molecule has 0 spiro atoms. The van der Waals surface area contributed by atoms with E-state index in [0.717, 1.165) is 42.8 Å². The molecule has 0 saturated heterocycles. The minimum absolute atomic E-state index is 0.0546. The molecule has 3 aromatic carbocycles. The maximum absolute atomic E-state index is 12.8. The fourth-order valence-electron chi connectivity index (χ4n) is 3.73. The number of nitrogens with one attached hydrogen (secondary N) is 1. The maximum atomic E-state index is 12.8. The van der Waals surface area contributed by atoms with Gasteiger partial charge in [0.1, 0.15) is 16.2 Å². The van der Waals surface area contributed by atoms with Crippen LogP contribution in [0.4, 0.5) is 5.69 Å². The molecular weight excluding hydrogens is 434 g/mol. The monoisotopic (exact) mass is 455 g/mol. The van der Waals surface area contributed by atoms with Crippen molar-refractivity contribution in [2.75, 3.05) is 11.1 Å². The Bertz CT molecular complexity index is 1450. The van der Waals surface area contributed by atoms with Crippen LogP contribution >= 0.6 is 23.1 Å². The summed E-state index contributed by atoms with van der Waals surface area (Å²) in [5.41, 5.74) is 5.61. The van der Waals surface area contributed by atoms with E-state index in [1.807, 2.05) is 42.5 Å². The summed E-state index contributed by atoms with van der Waals surface area (Å²) in [6.45, 7) is 4.24. The number of hydrogen-bond donors (Lipinski definition) is 1. The van der Waals surface area contributed by atoms with Crippen LogP contribution in [0.3, 0.4) is 0 Å². The second-order valence-corrected chi connectivity index (χ2v) is 9.49. The van der Waals surface area contributed by atoms with Gasteiger partial charge >= 0.3 is 0 Å². The van der Waals surface area contributed by atoms with Crippen molar-refractivity contribution in [3.63, 3.8) is 0 Å². The van der Waals surface area contributed by atoms with Gasteiger partial charge in [-0.25, -0.2) is 9.97 Å². The SMILES string of the molecule is Cc1ccc(-c2csc3ncnc(SCC(=O)Nc4cccc5ccccc45)c23)cc1C. The smallest absolute Gasteiger partial charge is 0.234 e. The normalized spacial score (nSPS) is 11.2. The van der Waals surface area contributed by atoms with E-state index in [9.17, 15) is 4.79 Å².